The molecule has 1 unspecified atom stereocenters. The van der Waals surface area contributed by atoms with Gasteiger partial charge in [-0.05, 0) is 59.8 Å². The lowest BCUT2D eigenvalue weighted by atomic mass is 9.95. The standard InChI is InChI=1S/C16H28N4O/c1-11(2)19-16(4,15(17)21)9-10-20-12(3)18-13-7-5-6-8-14(13)20/h11,19H,5-10H2,1-4H3,(H2,17,21). The van der Waals surface area contributed by atoms with E-state index in [0.29, 0.717) is 6.42 Å². The summed E-state index contributed by atoms with van der Waals surface area (Å²) in [5, 5.41) is 3.31. The number of aromatic nitrogens is 2. The molecule has 21 heavy (non-hydrogen) atoms. The van der Waals surface area contributed by atoms with Crippen molar-refractivity contribution < 1.29 is 4.79 Å². The summed E-state index contributed by atoms with van der Waals surface area (Å²) in [5.41, 5.74) is 7.54. The molecule has 5 heteroatoms. The van der Waals surface area contributed by atoms with E-state index >= 15 is 0 Å². The van der Waals surface area contributed by atoms with Gasteiger partial charge in [-0.2, -0.15) is 0 Å². The van der Waals surface area contributed by atoms with Crippen LogP contribution in [0, 0.1) is 6.92 Å². The smallest absolute Gasteiger partial charge is 0.237 e. The number of aryl methyl sites for hydroxylation is 2. The van der Waals surface area contributed by atoms with Gasteiger partial charge in [0, 0.05) is 18.3 Å². The number of fused-ring (bicyclic) bond motifs is 1. The molecule has 3 N–H and O–H groups in total. The van der Waals surface area contributed by atoms with Crippen LogP contribution in [0.3, 0.4) is 0 Å². The summed E-state index contributed by atoms with van der Waals surface area (Å²) in [6.45, 7) is 8.80. The molecule has 0 bridgehead atoms. The molecule has 1 aliphatic carbocycles. The second-order valence-corrected chi connectivity index (χ2v) is 6.66. The highest BCUT2D eigenvalue weighted by molar-refractivity contribution is 5.84. The lowest BCUT2D eigenvalue weighted by molar-refractivity contribution is -0.124. The molecule has 0 saturated heterocycles. The lowest BCUT2D eigenvalue weighted by Crippen LogP contribution is -2.56. The van der Waals surface area contributed by atoms with E-state index in [1.54, 1.807) is 0 Å². The van der Waals surface area contributed by atoms with E-state index < -0.39 is 5.54 Å². The van der Waals surface area contributed by atoms with Crippen LogP contribution in [0.4, 0.5) is 0 Å². The van der Waals surface area contributed by atoms with Gasteiger partial charge in [-0.15, -0.1) is 0 Å². The highest BCUT2D eigenvalue weighted by Gasteiger charge is 2.32. The fourth-order valence-electron chi connectivity index (χ4n) is 3.27. The zero-order valence-corrected chi connectivity index (χ0v) is 13.7. The third-order valence-corrected chi connectivity index (χ3v) is 4.41. The van der Waals surface area contributed by atoms with Crippen LogP contribution < -0.4 is 11.1 Å². The van der Waals surface area contributed by atoms with Crippen LogP contribution in [0.1, 0.15) is 57.2 Å². The first kappa shape index (κ1) is 16.0. The summed E-state index contributed by atoms with van der Waals surface area (Å²) in [4.78, 5) is 16.5. The molecule has 0 radical (unpaired) electrons. The molecule has 0 saturated carbocycles. The molecule has 1 aliphatic rings. The molecule has 1 aromatic heterocycles. The lowest BCUT2D eigenvalue weighted by Gasteiger charge is -2.30. The monoisotopic (exact) mass is 292 g/mol. The van der Waals surface area contributed by atoms with Gasteiger partial charge in [0.15, 0.2) is 0 Å². The second kappa shape index (κ2) is 6.18. The zero-order valence-electron chi connectivity index (χ0n) is 13.7. The SMILES string of the molecule is Cc1nc2c(n1CCC(C)(NC(C)C)C(N)=O)CCCC2. The maximum atomic E-state index is 11.8. The third kappa shape index (κ3) is 3.46. The second-order valence-electron chi connectivity index (χ2n) is 6.66. The predicted octanol–water partition coefficient (Wildman–Crippen LogP) is 1.70. The van der Waals surface area contributed by atoms with Gasteiger partial charge in [0.2, 0.25) is 5.91 Å². The van der Waals surface area contributed by atoms with Crippen LogP contribution in [0.25, 0.3) is 0 Å². The van der Waals surface area contributed by atoms with Crippen molar-refractivity contribution in [2.75, 3.05) is 0 Å². The first-order chi connectivity index (χ1) is 9.83. The largest absolute Gasteiger partial charge is 0.368 e. The number of amides is 1. The van der Waals surface area contributed by atoms with Crippen molar-refractivity contribution in [3.05, 3.63) is 17.2 Å². The number of hydrogen-bond acceptors (Lipinski definition) is 3. The van der Waals surface area contributed by atoms with E-state index in [9.17, 15) is 4.79 Å². The summed E-state index contributed by atoms with van der Waals surface area (Å²) < 4.78 is 2.28. The quantitative estimate of drug-likeness (QED) is 0.838. The molecule has 1 aromatic rings. The van der Waals surface area contributed by atoms with E-state index in [1.807, 2.05) is 20.8 Å². The molecule has 0 aromatic carbocycles. The minimum absolute atomic E-state index is 0.222. The summed E-state index contributed by atoms with van der Waals surface area (Å²) in [5.74, 6) is 0.765. The van der Waals surface area contributed by atoms with Crippen LogP contribution in [-0.2, 0) is 24.2 Å². The summed E-state index contributed by atoms with van der Waals surface area (Å²) in [6.07, 6.45) is 5.33. The number of carbonyl (C=O) groups is 1. The van der Waals surface area contributed by atoms with Crippen LogP contribution in [0.2, 0.25) is 0 Å². The molecule has 0 fully saturated rings. The Morgan fingerprint density at radius 2 is 2.10 bits per heavy atom. The third-order valence-electron chi connectivity index (χ3n) is 4.41. The number of nitrogens with two attached hydrogens (primary N) is 1. The Kier molecular flexibility index (Phi) is 4.71. The van der Waals surface area contributed by atoms with Crippen molar-refractivity contribution in [2.45, 2.75) is 77.9 Å². The molecular formula is C16H28N4O. The zero-order chi connectivity index (χ0) is 15.6. The highest BCUT2D eigenvalue weighted by atomic mass is 16.1. The van der Waals surface area contributed by atoms with Crippen molar-refractivity contribution in [1.82, 2.24) is 14.9 Å². The fraction of sp³-hybridized carbons (Fsp3) is 0.750. The van der Waals surface area contributed by atoms with E-state index in [0.717, 1.165) is 25.2 Å². The number of hydrogen-bond donors (Lipinski definition) is 2. The van der Waals surface area contributed by atoms with Crippen molar-refractivity contribution in [1.29, 1.82) is 0 Å². The van der Waals surface area contributed by atoms with Crippen LogP contribution >= 0.6 is 0 Å². The van der Waals surface area contributed by atoms with Crippen molar-refractivity contribution >= 4 is 5.91 Å². The number of primary amides is 1. The normalized spacial score (nSPS) is 17.6. The van der Waals surface area contributed by atoms with Crippen LogP contribution in [-0.4, -0.2) is 27.0 Å². The predicted molar refractivity (Wildman–Crippen MR) is 84.1 cm³/mol. The average Bonchev–Trinajstić information content (AvgIpc) is 2.71. The topological polar surface area (TPSA) is 72.9 Å². The Morgan fingerprint density at radius 3 is 2.71 bits per heavy atom. The number of nitrogens with one attached hydrogen (secondary N) is 1. The van der Waals surface area contributed by atoms with Crippen molar-refractivity contribution in [3.63, 3.8) is 0 Å². The fourth-order valence-corrected chi connectivity index (χ4v) is 3.27. The molecule has 1 atom stereocenters. The maximum Gasteiger partial charge on any atom is 0.237 e. The van der Waals surface area contributed by atoms with Crippen LogP contribution in [0.15, 0.2) is 0 Å². The van der Waals surface area contributed by atoms with Gasteiger partial charge in [0.05, 0.1) is 11.2 Å². The Morgan fingerprint density at radius 1 is 1.43 bits per heavy atom. The Labute approximate surface area is 127 Å². The highest BCUT2D eigenvalue weighted by Crippen LogP contribution is 2.23. The molecule has 1 amide bonds. The maximum absolute atomic E-state index is 11.8. The van der Waals surface area contributed by atoms with Gasteiger partial charge in [-0.1, -0.05) is 0 Å². The summed E-state index contributed by atoms with van der Waals surface area (Å²) in [7, 11) is 0. The minimum Gasteiger partial charge on any atom is -0.368 e. The Hall–Kier alpha value is -1.36. The molecule has 1 heterocycles. The first-order valence-electron chi connectivity index (χ1n) is 7.96. The summed E-state index contributed by atoms with van der Waals surface area (Å²) >= 11 is 0. The van der Waals surface area contributed by atoms with E-state index in [-0.39, 0.29) is 11.9 Å². The molecule has 2 rings (SSSR count). The van der Waals surface area contributed by atoms with E-state index in [2.05, 4.69) is 21.8 Å². The van der Waals surface area contributed by atoms with E-state index in [1.165, 1.54) is 24.2 Å². The van der Waals surface area contributed by atoms with Gasteiger partial charge in [-0.3, -0.25) is 4.79 Å². The first-order valence-corrected chi connectivity index (χ1v) is 7.96. The molecule has 0 spiro atoms. The Bertz CT molecular complexity index is 521. The van der Waals surface area contributed by atoms with Gasteiger partial charge < -0.3 is 15.6 Å². The van der Waals surface area contributed by atoms with Crippen LogP contribution in [0.5, 0.6) is 0 Å². The number of rotatable bonds is 6. The minimum atomic E-state index is -0.674. The van der Waals surface area contributed by atoms with Gasteiger partial charge in [0.1, 0.15) is 5.82 Å². The van der Waals surface area contributed by atoms with Crippen molar-refractivity contribution in [2.24, 2.45) is 5.73 Å². The van der Waals surface area contributed by atoms with Gasteiger partial charge >= 0.3 is 0 Å². The summed E-state index contributed by atoms with van der Waals surface area (Å²) in [6, 6.07) is 0.222. The molecule has 5 nitrogen and oxygen atoms in total. The van der Waals surface area contributed by atoms with E-state index in [4.69, 9.17) is 5.73 Å². The molecule has 118 valence electrons. The average molecular weight is 292 g/mol. The number of imidazole rings is 1. The number of nitrogens with zero attached hydrogens (tertiary/aromatic N) is 2. The van der Waals surface area contributed by atoms with Gasteiger partial charge in [-0.25, -0.2) is 4.98 Å². The molecule has 0 aliphatic heterocycles. The number of carbonyl (C=O) groups excluding carboxylic acids is 1. The van der Waals surface area contributed by atoms with Crippen molar-refractivity contribution in [3.8, 4) is 0 Å². The molecular weight excluding hydrogens is 264 g/mol. The Balaban J connectivity index is 2.14. The van der Waals surface area contributed by atoms with Gasteiger partial charge in [0.25, 0.3) is 0 Å².